The number of carbonyl (C=O) groups excluding carboxylic acids is 2. The molecule has 0 saturated carbocycles. The number of rotatable bonds is 8. The molecule has 0 atom stereocenters. The summed E-state index contributed by atoms with van der Waals surface area (Å²) in [5.74, 6) is -1.26. The minimum Gasteiger partial charge on any atom is -0.482 e. The zero-order chi connectivity index (χ0) is 22.2. The second-order valence-electron chi connectivity index (χ2n) is 6.46. The highest BCUT2D eigenvalue weighted by Gasteiger charge is 2.10. The molecule has 31 heavy (non-hydrogen) atoms. The molecule has 0 heterocycles. The van der Waals surface area contributed by atoms with Crippen LogP contribution in [0.1, 0.15) is 26.3 Å². The molecule has 6 nitrogen and oxygen atoms in total. The third-order valence-electron chi connectivity index (χ3n) is 4.19. The molecule has 7 heteroatoms. The molecule has 0 unspecified atom stereocenters. The number of hydrogen-bond acceptors (Lipinski definition) is 4. The summed E-state index contributed by atoms with van der Waals surface area (Å²) >= 11 is 6.06. The van der Waals surface area contributed by atoms with Crippen molar-refractivity contribution in [1.29, 1.82) is 0 Å². The van der Waals surface area contributed by atoms with E-state index in [1.807, 2.05) is 0 Å². The zero-order valence-corrected chi connectivity index (χ0v) is 17.0. The van der Waals surface area contributed by atoms with Gasteiger partial charge < -0.3 is 15.2 Å². The number of anilines is 1. The maximum atomic E-state index is 12.4. The van der Waals surface area contributed by atoms with Crippen LogP contribution in [0.25, 0.3) is 6.08 Å². The van der Waals surface area contributed by atoms with Crippen LogP contribution in [0.3, 0.4) is 0 Å². The van der Waals surface area contributed by atoms with E-state index in [1.165, 1.54) is 18.2 Å². The topological polar surface area (TPSA) is 92.7 Å². The minimum absolute atomic E-state index is 0.227. The molecule has 3 aromatic carbocycles. The van der Waals surface area contributed by atoms with Gasteiger partial charge in [-0.1, -0.05) is 41.9 Å². The summed E-state index contributed by atoms with van der Waals surface area (Å²) in [6.45, 7) is -0.448. The lowest BCUT2D eigenvalue weighted by atomic mass is 10.1. The van der Waals surface area contributed by atoms with Gasteiger partial charge >= 0.3 is 5.97 Å². The predicted molar refractivity (Wildman–Crippen MR) is 119 cm³/mol. The van der Waals surface area contributed by atoms with Crippen LogP contribution in [-0.2, 0) is 4.79 Å². The third-order valence-corrected chi connectivity index (χ3v) is 4.52. The van der Waals surface area contributed by atoms with Crippen molar-refractivity contribution in [3.05, 3.63) is 101 Å². The van der Waals surface area contributed by atoms with Gasteiger partial charge in [0.25, 0.3) is 5.91 Å². The van der Waals surface area contributed by atoms with Gasteiger partial charge in [0, 0.05) is 11.3 Å². The normalized spacial score (nSPS) is 10.6. The summed E-state index contributed by atoms with van der Waals surface area (Å²) in [5, 5.41) is 11.8. The first-order chi connectivity index (χ1) is 14.9. The molecule has 0 aliphatic carbocycles. The standard InChI is InChI=1S/C24H18ClNO5/c25-21-7-2-1-6-20(21)24(30)26-18-5-3-4-16(14-18)8-13-22(27)17-9-11-19(12-10-17)31-15-23(28)29/h1-14H,15H2,(H,26,30)(H,28,29)/b13-8+. The van der Waals surface area contributed by atoms with Crippen molar-refractivity contribution in [3.63, 3.8) is 0 Å². The molecule has 2 N–H and O–H groups in total. The summed E-state index contributed by atoms with van der Waals surface area (Å²) in [6, 6.07) is 20.0. The van der Waals surface area contributed by atoms with E-state index in [2.05, 4.69) is 5.32 Å². The van der Waals surface area contributed by atoms with Crippen molar-refractivity contribution >= 4 is 41.0 Å². The third kappa shape index (κ3) is 6.29. The van der Waals surface area contributed by atoms with Gasteiger partial charge in [0.05, 0.1) is 10.6 Å². The minimum atomic E-state index is -1.08. The molecule has 0 bridgehead atoms. The Morgan fingerprint density at radius 2 is 1.71 bits per heavy atom. The van der Waals surface area contributed by atoms with E-state index in [-0.39, 0.29) is 11.7 Å². The summed E-state index contributed by atoms with van der Waals surface area (Å²) in [4.78, 5) is 35.3. The van der Waals surface area contributed by atoms with Crippen LogP contribution in [0.2, 0.25) is 5.02 Å². The molecule has 0 saturated heterocycles. The van der Waals surface area contributed by atoms with Crippen LogP contribution in [0.4, 0.5) is 5.69 Å². The maximum absolute atomic E-state index is 12.4. The predicted octanol–water partition coefficient (Wildman–Crippen LogP) is 4.95. The van der Waals surface area contributed by atoms with Crippen molar-refractivity contribution in [2.75, 3.05) is 11.9 Å². The summed E-state index contributed by atoms with van der Waals surface area (Å²) in [6.07, 6.45) is 3.06. The summed E-state index contributed by atoms with van der Waals surface area (Å²) in [5.41, 5.74) is 2.10. The Hall–Kier alpha value is -3.90. The largest absolute Gasteiger partial charge is 0.482 e. The van der Waals surface area contributed by atoms with E-state index in [1.54, 1.807) is 66.7 Å². The van der Waals surface area contributed by atoms with Crippen LogP contribution >= 0.6 is 11.6 Å². The molecule has 1 amide bonds. The van der Waals surface area contributed by atoms with E-state index >= 15 is 0 Å². The van der Waals surface area contributed by atoms with E-state index in [4.69, 9.17) is 21.4 Å². The molecular weight excluding hydrogens is 418 g/mol. The second-order valence-corrected chi connectivity index (χ2v) is 6.87. The Morgan fingerprint density at radius 3 is 2.42 bits per heavy atom. The number of nitrogens with one attached hydrogen (secondary N) is 1. The Bertz CT molecular complexity index is 1140. The maximum Gasteiger partial charge on any atom is 0.341 e. The van der Waals surface area contributed by atoms with Gasteiger partial charge in [0.2, 0.25) is 0 Å². The Kier molecular flexibility index (Phi) is 7.19. The first-order valence-corrected chi connectivity index (χ1v) is 9.63. The number of amides is 1. The average molecular weight is 436 g/mol. The monoisotopic (exact) mass is 435 g/mol. The van der Waals surface area contributed by atoms with Crippen LogP contribution in [0, 0.1) is 0 Å². The van der Waals surface area contributed by atoms with Gasteiger partial charge in [0.1, 0.15) is 5.75 Å². The van der Waals surface area contributed by atoms with E-state index in [0.29, 0.717) is 27.6 Å². The molecule has 3 aromatic rings. The van der Waals surface area contributed by atoms with Gasteiger partial charge in [-0.2, -0.15) is 0 Å². The van der Waals surface area contributed by atoms with E-state index < -0.39 is 12.6 Å². The molecule has 0 aliphatic heterocycles. The van der Waals surface area contributed by atoms with Gasteiger partial charge in [0.15, 0.2) is 12.4 Å². The Morgan fingerprint density at radius 1 is 0.968 bits per heavy atom. The van der Waals surface area contributed by atoms with Crippen molar-refractivity contribution in [3.8, 4) is 5.75 Å². The lowest BCUT2D eigenvalue weighted by molar-refractivity contribution is -0.139. The molecule has 0 aliphatic rings. The quantitative estimate of drug-likeness (QED) is 0.385. The van der Waals surface area contributed by atoms with Crippen LogP contribution < -0.4 is 10.1 Å². The van der Waals surface area contributed by atoms with Crippen molar-refractivity contribution in [2.45, 2.75) is 0 Å². The number of ether oxygens (including phenoxy) is 1. The summed E-state index contributed by atoms with van der Waals surface area (Å²) < 4.78 is 5.04. The van der Waals surface area contributed by atoms with Crippen LogP contribution in [0.15, 0.2) is 78.9 Å². The van der Waals surface area contributed by atoms with E-state index in [0.717, 1.165) is 5.56 Å². The van der Waals surface area contributed by atoms with Gasteiger partial charge in [-0.25, -0.2) is 4.79 Å². The number of carboxylic acid groups (broad SMARTS) is 1. The number of hydrogen-bond donors (Lipinski definition) is 2. The molecule has 156 valence electrons. The molecular formula is C24H18ClNO5. The number of benzene rings is 3. The van der Waals surface area contributed by atoms with Crippen molar-refractivity contribution in [1.82, 2.24) is 0 Å². The van der Waals surface area contributed by atoms with E-state index in [9.17, 15) is 14.4 Å². The molecule has 0 radical (unpaired) electrons. The number of carbonyl (C=O) groups is 3. The molecule has 0 spiro atoms. The Labute approximate surface area is 183 Å². The van der Waals surface area contributed by atoms with Crippen molar-refractivity contribution in [2.24, 2.45) is 0 Å². The smallest absolute Gasteiger partial charge is 0.341 e. The second kappa shape index (κ2) is 10.2. The number of allylic oxidation sites excluding steroid dienone is 1. The van der Waals surface area contributed by atoms with Gasteiger partial charge in [-0.3, -0.25) is 9.59 Å². The van der Waals surface area contributed by atoms with Crippen LogP contribution in [0.5, 0.6) is 5.75 Å². The highest BCUT2D eigenvalue weighted by molar-refractivity contribution is 6.34. The van der Waals surface area contributed by atoms with Crippen molar-refractivity contribution < 1.29 is 24.2 Å². The molecule has 0 aromatic heterocycles. The highest BCUT2D eigenvalue weighted by Crippen LogP contribution is 2.19. The van der Waals surface area contributed by atoms with Gasteiger partial charge in [-0.05, 0) is 60.2 Å². The number of halogens is 1. The SMILES string of the molecule is O=C(O)COc1ccc(C(=O)/C=C/c2cccc(NC(=O)c3ccccc3Cl)c2)cc1. The zero-order valence-electron chi connectivity index (χ0n) is 16.2. The fourth-order valence-corrected chi connectivity index (χ4v) is 2.91. The number of ketones is 1. The number of carboxylic acids is 1. The fraction of sp³-hybridized carbons (Fsp3) is 0.0417. The lowest BCUT2D eigenvalue weighted by Crippen LogP contribution is -2.12. The number of aliphatic carboxylic acids is 1. The first kappa shape index (κ1) is 21.8. The first-order valence-electron chi connectivity index (χ1n) is 9.25. The molecule has 3 rings (SSSR count). The van der Waals surface area contributed by atoms with Crippen LogP contribution in [-0.4, -0.2) is 29.4 Å². The summed E-state index contributed by atoms with van der Waals surface area (Å²) in [7, 11) is 0. The lowest BCUT2D eigenvalue weighted by Gasteiger charge is -2.07. The average Bonchev–Trinajstić information content (AvgIpc) is 2.77. The molecule has 0 fully saturated rings. The Balaban J connectivity index is 1.64. The highest BCUT2D eigenvalue weighted by atomic mass is 35.5. The van der Waals surface area contributed by atoms with Gasteiger partial charge in [-0.15, -0.1) is 0 Å². The fourth-order valence-electron chi connectivity index (χ4n) is 2.69.